The SMILES string of the molecule is O=C(c1cccs1)N1CC2CC(C1)c1ccc(N([O-])O)c(=O)n1C2. The van der Waals surface area contributed by atoms with Crippen molar-refractivity contribution in [2.24, 2.45) is 5.92 Å². The molecule has 1 fully saturated rings. The molecule has 2 unspecified atom stereocenters. The Morgan fingerprint density at radius 1 is 1.29 bits per heavy atom. The van der Waals surface area contributed by atoms with Gasteiger partial charge in [-0.25, -0.2) is 0 Å². The lowest BCUT2D eigenvalue weighted by Crippen LogP contribution is -2.49. The number of amides is 1. The van der Waals surface area contributed by atoms with Gasteiger partial charge in [0.2, 0.25) is 0 Å². The van der Waals surface area contributed by atoms with E-state index in [0.29, 0.717) is 19.6 Å². The number of piperidine rings is 1. The second-order valence-electron chi connectivity index (χ2n) is 6.32. The maximum Gasteiger partial charge on any atom is 0.275 e. The lowest BCUT2D eigenvalue weighted by molar-refractivity contribution is 0.0599. The second-order valence-corrected chi connectivity index (χ2v) is 7.27. The van der Waals surface area contributed by atoms with Gasteiger partial charge in [-0.2, -0.15) is 0 Å². The zero-order valence-corrected chi connectivity index (χ0v) is 13.6. The van der Waals surface area contributed by atoms with Crippen LogP contribution in [0.5, 0.6) is 0 Å². The molecule has 7 nitrogen and oxygen atoms in total. The average Bonchev–Trinajstić information content (AvgIpc) is 3.09. The number of carbonyl (C=O) groups excluding carboxylic acids is 1. The van der Waals surface area contributed by atoms with Gasteiger partial charge in [-0.05, 0) is 35.9 Å². The summed E-state index contributed by atoms with van der Waals surface area (Å²) in [5, 5.41) is 21.6. The number of thiophene rings is 1. The molecular weight excluding hydrogens is 330 g/mol. The fourth-order valence-corrected chi connectivity index (χ4v) is 4.49. The van der Waals surface area contributed by atoms with Crippen LogP contribution in [0, 0.1) is 11.1 Å². The molecular formula is C16H16N3O4S-. The van der Waals surface area contributed by atoms with Crippen LogP contribution in [-0.4, -0.2) is 33.7 Å². The third-order valence-corrected chi connectivity index (χ3v) is 5.67. The van der Waals surface area contributed by atoms with Gasteiger partial charge >= 0.3 is 0 Å². The molecule has 4 rings (SSSR count). The highest BCUT2D eigenvalue weighted by atomic mass is 32.1. The van der Waals surface area contributed by atoms with Crippen molar-refractivity contribution in [3.05, 3.63) is 55.8 Å². The Morgan fingerprint density at radius 3 is 2.83 bits per heavy atom. The third-order valence-electron chi connectivity index (χ3n) is 4.81. The Bertz CT molecular complexity index is 830. The molecule has 2 aliphatic rings. The predicted molar refractivity (Wildman–Crippen MR) is 89.4 cm³/mol. The van der Waals surface area contributed by atoms with Crippen LogP contribution in [-0.2, 0) is 6.54 Å². The number of pyridine rings is 1. The average molecular weight is 346 g/mol. The molecule has 1 saturated heterocycles. The molecule has 2 aromatic heterocycles. The molecule has 126 valence electrons. The molecule has 2 atom stereocenters. The number of aromatic nitrogens is 1. The van der Waals surface area contributed by atoms with Gasteiger partial charge in [-0.15, -0.1) is 11.3 Å². The molecule has 0 saturated carbocycles. The first-order valence-electron chi connectivity index (χ1n) is 7.77. The molecule has 0 radical (unpaired) electrons. The van der Waals surface area contributed by atoms with Crippen molar-refractivity contribution in [2.45, 2.75) is 18.9 Å². The Labute approximate surface area is 141 Å². The summed E-state index contributed by atoms with van der Waals surface area (Å²) >= 11 is 1.43. The van der Waals surface area contributed by atoms with Crippen molar-refractivity contribution in [3.63, 3.8) is 0 Å². The minimum absolute atomic E-state index is 0.0354. The molecule has 2 aromatic rings. The van der Waals surface area contributed by atoms with E-state index < -0.39 is 5.56 Å². The van der Waals surface area contributed by atoms with Crippen LogP contribution >= 0.6 is 11.3 Å². The van der Waals surface area contributed by atoms with Gasteiger partial charge < -0.3 is 19.9 Å². The number of fused-ring (bicyclic) bond motifs is 4. The van der Waals surface area contributed by atoms with Crippen LogP contribution in [0.15, 0.2) is 34.4 Å². The molecule has 0 aliphatic carbocycles. The van der Waals surface area contributed by atoms with Crippen LogP contribution in [0.1, 0.15) is 27.7 Å². The van der Waals surface area contributed by atoms with Gasteiger partial charge in [-0.3, -0.25) is 14.8 Å². The van der Waals surface area contributed by atoms with Crippen molar-refractivity contribution in [1.82, 2.24) is 9.47 Å². The Morgan fingerprint density at radius 2 is 2.12 bits per heavy atom. The summed E-state index contributed by atoms with van der Waals surface area (Å²) in [6.07, 6.45) is 0.924. The van der Waals surface area contributed by atoms with E-state index in [0.717, 1.165) is 17.0 Å². The number of hydrogen-bond donors (Lipinski definition) is 1. The zero-order valence-electron chi connectivity index (χ0n) is 12.8. The van der Waals surface area contributed by atoms with Crippen molar-refractivity contribution in [3.8, 4) is 0 Å². The molecule has 0 aromatic carbocycles. The monoisotopic (exact) mass is 346 g/mol. The van der Waals surface area contributed by atoms with Crippen molar-refractivity contribution < 1.29 is 10.0 Å². The Kier molecular flexibility index (Phi) is 3.67. The van der Waals surface area contributed by atoms with E-state index in [4.69, 9.17) is 5.21 Å². The molecule has 1 amide bonds. The summed E-state index contributed by atoms with van der Waals surface area (Å²) in [5.41, 5.74) is 0.0773. The first-order chi connectivity index (χ1) is 11.5. The Hall–Kier alpha value is -2.16. The van der Waals surface area contributed by atoms with Crippen LogP contribution < -0.4 is 10.8 Å². The fraction of sp³-hybridized carbons (Fsp3) is 0.375. The summed E-state index contributed by atoms with van der Waals surface area (Å²) in [4.78, 5) is 27.6. The first-order valence-corrected chi connectivity index (χ1v) is 8.65. The van der Waals surface area contributed by atoms with E-state index in [1.54, 1.807) is 10.6 Å². The maximum atomic E-state index is 12.6. The highest BCUT2D eigenvalue weighted by molar-refractivity contribution is 7.12. The van der Waals surface area contributed by atoms with Crippen molar-refractivity contribution in [2.75, 3.05) is 18.3 Å². The van der Waals surface area contributed by atoms with Gasteiger partial charge in [-0.1, -0.05) is 6.07 Å². The van der Waals surface area contributed by atoms with Crippen molar-refractivity contribution in [1.29, 1.82) is 0 Å². The standard InChI is InChI=1S/C16H16N3O4S/c20-15-13(19(22)23)4-3-12-11-6-10(8-18(12)15)7-17(9-11)16(21)14-2-1-5-24-14/h1-5,10-11,22H,6-9H2/q-1. The molecule has 8 heteroatoms. The number of anilines is 1. The van der Waals surface area contributed by atoms with Crippen LogP contribution in [0.25, 0.3) is 0 Å². The summed E-state index contributed by atoms with van der Waals surface area (Å²) in [6, 6.07) is 6.74. The van der Waals surface area contributed by atoms with Crippen LogP contribution in [0.4, 0.5) is 5.69 Å². The van der Waals surface area contributed by atoms with Crippen LogP contribution in [0.2, 0.25) is 0 Å². The summed E-state index contributed by atoms with van der Waals surface area (Å²) in [5.74, 6) is 0.280. The molecule has 4 heterocycles. The number of rotatable bonds is 2. The normalized spacial score (nSPS) is 22.2. The topological polar surface area (TPSA) is 88.8 Å². The highest BCUT2D eigenvalue weighted by Crippen LogP contribution is 2.36. The summed E-state index contributed by atoms with van der Waals surface area (Å²) in [7, 11) is 0. The number of likely N-dealkylation sites (tertiary alicyclic amines) is 1. The predicted octanol–water partition coefficient (Wildman–Crippen LogP) is 1.86. The molecule has 2 bridgehead atoms. The van der Waals surface area contributed by atoms with Gasteiger partial charge in [0, 0.05) is 31.2 Å². The van der Waals surface area contributed by atoms with Gasteiger partial charge in [0.1, 0.15) is 5.69 Å². The molecule has 1 N–H and O–H groups in total. The summed E-state index contributed by atoms with van der Waals surface area (Å²) < 4.78 is 1.57. The lowest BCUT2D eigenvalue weighted by atomic mass is 9.83. The maximum absolute atomic E-state index is 12.6. The minimum Gasteiger partial charge on any atom is -0.733 e. The van der Waals surface area contributed by atoms with Crippen molar-refractivity contribution >= 4 is 22.9 Å². The Balaban J connectivity index is 1.66. The first kappa shape index (κ1) is 15.4. The highest BCUT2D eigenvalue weighted by Gasteiger charge is 2.37. The minimum atomic E-state index is -0.474. The fourth-order valence-electron chi connectivity index (χ4n) is 3.80. The van der Waals surface area contributed by atoms with E-state index in [-0.39, 0.29) is 28.7 Å². The third kappa shape index (κ3) is 2.43. The van der Waals surface area contributed by atoms with Gasteiger partial charge in [0.15, 0.2) is 0 Å². The van der Waals surface area contributed by atoms with E-state index in [1.165, 1.54) is 17.4 Å². The molecule has 0 spiro atoms. The number of nitrogens with zero attached hydrogens (tertiary/aromatic N) is 3. The van der Waals surface area contributed by atoms with E-state index >= 15 is 0 Å². The number of hydrogen-bond acceptors (Lipinski definition) is 6. The smallest absolute Gasteiger partial charge is 0.275 e. The van der Waals surface area contributed by atoms with Gasteiger partial charge in [0.25, 0.3) is 11.5 Å². The van der Waals surface area contributed by atoms with E-state index in [9.17, 15) is 14.8 Å². The molecule has 2 aliphatic heterocycles. The quantitative estimate of drug-likeness (QED) is 0.839. The lowest BCUT2D eigenvalue weighted by Gasteiger charge is -2.43. The summed E-state index contributed by atoms with van der Waals surface area (Å²) in [6.45, 7) is 1.62. The van der Waals surface area contributed by atoms with Crippen LogP contribution in [0.3, 0.4) is 0 Å². The second kappa shape index (κ2) is 5.73. The zero-order chi connectivity index (χ0) is 16.8. The largest absolute Gasteiger partial charge is 0.733 e. The molecule has 24 heavy (non-hydrogen) atoms. The van der Waals surface area contributed by atoms with E-state index in [1.807, 2.05) is 22.4 Å². The number of carbonyl (C=O) groups is 1. The van der Waals surface area contributed by atoms with E-state index in [2.05, 4.69) is 0 Å². The van der Waals surface area contributed by atoms with Gasteiger partial charge in [0.05, 0.1) is 4.88 Å².